The normalized spacial score (nSPS) is 27.2. The van der Waals surface area contributed by atoms with Gasteiger partial charge in [0.25, 0.3) is 0 Å². The second kappa shape index (κ2) is 35.4. The third kappa shape index (κ3) is 18.3. The van der Waals surface area contributed by atoms with Gasteiger partial charge in [-0.1, -0.05) is 35.4 Å². The van der Waals surface area contributed by atoms with Crippen LogP contribution in [0.2, 0.25) is 0 Å². The molecule has 114 heavy (non-hydrogen) atoms. The zero-order chi connectivity index (χ0) is 80.1. The number of imide groups is 2. The molecule has 0 radical (unpaired) electrons. The first-order valence-corrected chi connectivity index (χ1v) is 38.5. The molecule has 4 heterocycles. The highest BCUT2D eigenvalue weighted by Crippen LogP contribution is 2.71. The lowest BCUT2D eigenvalue weighted by atomic mass is 10.1. The highest BCUT2D eigenvalue weighted by molar-refractivity contribution is 6.25. The van der Waals surface area contributed by atoms with E-state index in [1.54, 1.807) is 48.5 Å². The van der Waals surface area contributed by atoms with E-state index in [9.17, 15) is 67.7 Å². The highest BCUT2D eigenvalue weighted by Gasteiger charge is 2.81. The van der Waals surface area contributed by atoms with E-state index in [0.29, 0.717) is 62.5 Å². The van der Waals surface area contributed by atoms with Crippen LogP contribution in [0, 0.1) is 120 Å². The molecule has 602 valence electrons. The molecule has 0 spiro atoms. The molecule has 10 fully saturated rings. The molecule has 6 aromatic rings. The lowest BCUT2D eigenvalue weighted by molar-refractivity contribution is -0.160. The predicted octanol–water partition coefficient (Wildman–Crippen LogP) is 8.60. The summed E-state index contributed by atoms with van der Waals surface area (Å²) in [5.41, 5.74) is 16.1. The molecule has 4 aliphatic heterocycles. The Labute approximate surface area is 657 Å². The first kappa shape index (κ1) is 81.6. The van der Waals surface area contributed by atoms with Gasteiger partial charge in [0, 0.05) is 31.2 Å². The van der Waals surface area contributed by atoms with Crippen molar-refractivity contribution < 1.29 is 111 Å². The SMILES string of the molecule is CNC(=O)C1C(C(=O)O)C1C1C(C(=O)O)C1C(=O)Nc1ccc(OCCCCCOc2ccc(C)cc2)cc1.Cc1ccc(OCCCCCOc2ccc(N3C(=O)C4C(C3=O)C4C3C4C(=O)N(C)C(=O)C43)cc2)cc1.Nc1ccc(OCCCCCOc2ccc(N)cc2)cc1.O=C1OC(=O)C2C1C2C1C2C(=O)OC(=O)C21.[OH-]. The number of cyclic esters (lactones) is 4. The number of rotatable bonds is 33. The summed E-state index contributed by atoms with van der Waals surface area (Å²) in [6, 6.07) is 44.7. The Bertz CT molecular complexity index is 4390. The number of nitrogens with zero attached hydrogens (tertiary/aromatic N) is 2. The van der Waals surface area contributed by atoms with Gasteiger partial charge in [0.1, 0.15) is 34.5 Å². The molecule has 14 atom stereocenters. The van der Waals surface area contributed by atoms with E-state index in [4.69, 9.17) is 39.9 Å². The number of carbonyl (C=O) groups is 12. The zero-order valence-corrected chi connectivity index (χ0v) is 63.4. The molecule has 29 heteroatoms. The Morgan fingerprint density at radius 1 is 0.368 bits per heavy atom. The second-order valence-electron chi connectivity index (χ2n) is 30.3. The minimum Gasteiger partial charge on any atom is -0.870 e. The third-order valence-electron chi connectivity index (χ3n) is 22.9. The molecule has 29 nitrogen and oxygen atoms in total. The maximum absolute atomic E-state index is 13.0. The van der Waals surface area contributed by atoms with Crippen LogP contribution in [0.25, 0.3) is 0 Å². The van der Waals surface area contributed by atoms with Gasteiger partial charge in [-0.3, -0.25) is 67.3 Å². The largest absolute Gasteiger partial charge is 0.870 e. The molecule has 6 amide bonds. The first-order chi connectivity index (χ1) is 54.4. The number of nitrogen functional groups attached to an aromatic ring is 2. The lowest BCUT2D eigenvalue weighted by Gasteiger charge is -2.20. The van der Waals surface area contributed by atoms with Crippen molar-refractivity contribution in [2.75, 3.05) is 75.4 Å². The first-order valence-electron chi connectivity index (χ1n) is 38.5. The minimum atomic E-state index is -1.17. The number of anilines is 4. The van der Waals surface area contributed by atoms with Crippen molar-refractivity contribution in [2.45, 2.75) is 71.6 Å². The maximum Gasteiger partial charge on any atom is 0.317 e. The fourth-order valence-corrected chi connectivity index (χ4v) is 16.8. The summed E-state index contributed by atoms with van der Waals surface area (Å²) in [7, 11) is 2.90. The van der Waals surface area contributed by atoms with Gasteiger partial charge in [-0.15, -0.1) is 0 Å². The summed E-state index contributed by atoms with van der Waals surface area (Å²) in [5.74, 6) is -10.2. The van der Waals surface area contributed by atoms with E-state index in [-0.39, 0.29) is 64.6 Å². The van der Waals surface area contributed by atoms with Gasteiger partial charge in [-0.25, -0.2) is 0 Å². The summed E-state index contributed by atoms with van der Waals surface area (Å²) >= 11 is 0. The minimum absolute atomic E-state index is 0. The van der Waals surface area contributed by atoms with Gasteiger partial charge in [-0.05, 0) is 228 Å². The maximum atomic E-state index is 13.0. The van der Waals surface area contributed by atoms with Gasteiger partial charge in [0.05, 0.1) is 116 Å². The van der Waals surface area contributed by atoms with Crippen LogP contribution in [0.4, 0.5) is 22.7 Å². The Balaban J connectivity index is 0.000000148. The topological polar surface area (TPSA) is 432 Å². The molecule has 4 saturated heterocycles. The van der Waals surface area contributed by atoms with Crippen molar-refractivity contribution in [1.82, 2.24) is 10.2 Å². The van der Waals surface area contributed by atoms with Crippen LogP contribution in [0.5, 0.6) is 34.5 Å². The number of benzene rings is 6. The predicted molar refractivity (Wildman–Crippen MR) is 407 cm³/mol. The number of carbonyl (C=O) groups excluding carboxylic acids is 10. The molecule has 16 rings (SSSR count). The van der Waals surface area contributed by atoms with Crippen LogP contribution >= 0.6 is 0 Å². The van der Waals surface area contributed by atoms with Crippen molar-refractivity contribution in [1.29, 1.82) is 0 Å². The average Bonchev–Trinajstić information content (AvgIpc) is 1.50. The molecule has 14 unspecified atom stereocenters. The van der Waals surface area contributed by atoms with Gasteiger partial charge in [-0.2, -0.15) is 0 Å². The van der Waals surface area contributed by atoms with Crippen molar-refractivity contribution >= 4 is 94.0 Å². The molecule has 6 aromatic carbocycles. The zero-order valence-electron chi connectivity index (χ0n) is 63.4. The van der Waals surface area contributed by atoms with E-state index in [2.05, 4.69) is 20.1 Å². The number of carboxylic acid groups (broad SMARTS) is 2. The van der Waals surface area contributed by atoms with E-state index < -0.39 is 119 Å². The van der Waals surface area contributed by atoms with Gasteiger partial charge < -0.3 is 75.7 Å². The van der Waals surface area contributed by atoms with Crippen LogP contribution in [0.3, 0.4) is 0 Å². The van der Waals surface area contributed by atoms with E-state index >= 15 is 0 Å². The molecular weight excluding hydrogens is 1470 g/mol. The number of piperidine rings is 2. The molecule has 9 N–H and O–H groups in total. The fourth-order valence-electron chi connectivity index (χ4n) is 16.8. The molecule has 10 aliphatic rings. The Morgan fingerprint density at radius 2 is 0.640 bits per heavy atom. The number of ether oxygens (including phenoxy) is 8. The Kier molecular flexibility index (Phi) is 25.4. The highest BCUT2D eigenvalue weighted by atomic mass is 16.6. The Morgan fingerprint density at radius 3 is 0.947 bits per heavy atom. The van der Waals surface area contributed by atoms with Crippen molar-refractivity contribution in [3.63, 3.8) is 0 Å². The smallest absolute Gasteiger partial charge is 0.317 e. The molecule has 6 saturated carbocycles. The van der Waals surface area contributed by atoms with Gasteiger partial charge in [0.2, 0.25) is 35.4 Å². The fraction of sp³-hybridized carbons (Fsp3) is 0.435. The van der Waals surface area contributed by atoms with Crippen molar-refractivity contribution in [3.8, 4) is 34.5 Å². The number of carboxylic acids is 2. The Hall–Kier alpha value is -11.9. The number of fused-ring (bicyclic) bond motifs is 4. The van der Waals surface area contributed by atoms with E-state index in [1.807, 2.05) is 111 Å². The quantitative estimate of drug-likeness (QED) is 0.00738. The number of aliphatic carboxylic acids is 2. The summed E-state index contributed by atoms with van der Waals surface area (Å²) in [4.78, 5) is 146. The van der Waals surface area contributed by atoms with Crippen LogP contribution in [-0.2, 0) is 67.0 Å². The molecule has 6 aliphatic carbocycles. The van der Waals surface area contributed by atoms with Crippen LogP contribution in [0.1, 0.15) is 68.9 Å². The summed E-state index contributed by atoms with van der Waals surface area (Å²) in [6.45, 7) is 7.95. The number of hydrogen-bond acceptors (Lipinski definition) is 23. The third-order valence-corrected chi connectivity index (χ3v) is 22.9. The van der Waals surface area contributed by atoms with E-state index in [0.717, 1.165) is 92.2 Å². The van der Waals surface area contributed by atoms with Crippen LogP contribution < -0.4 is 55.4 Å². The number of unbranched alkanes of at least 4 members (excludes halogenated alkanes) is 6. The van der Waals surface area contributed by atoms with E-state index in [1.165, 1.54) is 35.0 Å². The van der Waals surface area contributed by atoms with Crippen molar-refractivity contribution in [3.05, 3.63) is 157 Å². The molecule has 0 bridgehead atoms. The van der Waals surface area contributed by atoms with Crippen LogP contribution in [-0.4, -0.2) is 146 Å². The van der Waals surface area contributed by atoms with Crippen LogP contribution in [0.15, 0.2) is 146 Å². The monoisotopic (exact) mass is 1570 g/mol. The molecule has 0 aromatic heterocycles. The summed E-state index contributed by atoms with van der Waals surface area (Å²) in [6.07, 6.45) is 8.66. The second-order valence-corrected chi connectivity index (χ2v) is 30.3. The lowest BCUT2D eigenvalue weighted by Crippen LogP contribution is -2.36. The van der Waals surface area contributed by atoms with Gasteiger partial charge >= 0.3 is 35.8 Å². The molecular formula is C85H93N6O23-. The number of amides is 6. The summed E-state index contributed by atoms with van der Waals surface area (Å²) < 4.78 is 43.2. The van der Waals surface area contributed by atoms with Gasteiger partial charge in [0.15, 0.2) is 0 Å². The standard InChI is InChI=1S/C29H34N2O8.C29H30N2O6.C17H22N2O2.C10H6O6.H2O/c1-16-6-10-18(11-7-16)38-14-4-3-5-15-39-19-12-8-17(9-13-19)31-27(33)23-21(25(23)29(36)37)20-22(26(32)30-2)24(20)28(34)35;1-16-6-10-18(11-7-16)36-14-4-3-5-15-37-19-12-8-17(9-13-19)31-28(34)24-21(25(24)29(31)35)20-22-23(20)27(33)30(2)26(22)32;18-14-4-8-16(9-5-14)20-12-2-1-3-13-21-17-10-6-15(19)7-11-17;11-7-3-1(4(3)8(12)15-7)2-5-6(2)10(14)16-9(5)13;/h6-13,20-25H,3-5,14-15H2,1-2H3,(H,30,32)(H,31,33)(H,34,35)(H,36,37);6-13,20-25H,3-5,14-15H2,1-2H3;4-11H,1-3,12-13,18-19H2;1-6H;1H2/p-1. The number of aryl methyl sites for hydroxylation is 2. The summed E-state index contributed by atoms with van der Waals surface area (Å²) in [5, 5.41) is 24.2. The number of hydrogen-bond donors (Lipinski definition) is 6. The van der Waals surface area contributed by atoms with Crippen molar-refractivity contribution in [2.24, 2.45) is 107 Å². The number of nitrogens with two attached hydrogens (primary N) is 2. The number of esters is 4. The number of nitrogens with one attached hydrogen (secondary N) is 2. The number of likely N-dealkylation sites (tertiary alicyclic amines) is 1. The average molecular weight is 1570 g/mol.